The van der Waals surface area contributed by atoms with Crippen LogP contribution in [-0.2, 0) is 24.7 Å². The van der Waals surface area contributed by atoms with Gasteiger partial charge in [0.05, 0.1) is 10.6 Å². The second-order valence-corrected chi connectivity index (χ2v) is 10.9. The molecule has 1 unspecified atom stereocenters. The molecule has 156 valence electrons. The Kier molecular flexibility index (Phi) is 6.01. The first-order valence-electron chi connectivity index (χ1n) is 8.97. The molecule has 2 heterocycles. The number of amides is 1. The Morgan fingerprint density at radius 3 is 2.48 bits per heavy atom. The smallest absolute Gasteiger partial charge is 0.243 e. The summed E-state index contributed by atoms with van der Waals surface area (Å²) in [6, 6.07) is 5.94. The molecular formula is C18H22N4O5S2. The Bertz CT molecular complexity index is 1120. The maximum atomic E-state index is 13.1. The van der Waals surface area contributed by atoms with Crippen LogP contribution >= 0.6 is 0 Å². The highest BCUT2D eigenvalue weighted by molar-refractivity contribution is 7.90. The molecule has 1 aliphatic heterocycles. The summed E-state index contributed by atoms with van der Waals surface area (Å²) in [5.41, 5.74) is 0.857. The van der Waals surface area contributed by atoms with E-state index in [1.54, 1.807) is 0 Å². The number of aromatic nitrogens is 2. The number of nitrogens with one attached hydrogen (secondary N) is 1. The fraction of sp³-hybridized carbons (Fsp3) is 0.389. The quantitative estimate of drug-likeness (QED) is 0.748. The van der Waals surface area contributed by atoms with E-state index in [0.29, 0.717) is 30.8 Å². The standard InChI is InChI=1S/C18H22N4O5S2/c1-13(23)21-15-5-7-16(8-6-15)29(26,27)22-9-3-4-14(11-22)18-17(28(2,24)25)10-19-12-20-18/h5-8,10,12,14H,3-4,9,11H2,1-2H3,(H,21,23). The molecule has 1 saturated heterocycles. The molecule has 2 aromatic rings. The Morgan fingerprint density at radius 2 is 1.86 bits per heavy atom. The molecule has 29 heavy (non-hydrogen) atoms. The van der Waals surface area contributed by atoms with E-state index in [0.717, 1.165) is 6.26 Å². The zero-order valence-corrected chi connectivity index (χ0v) is 17.7. The monoisotopic (exact) mass is 438 g/mol. The highest BCUT2D eigenvalue weighted by Gasteiger charge is 2.33. The summed E-state index contributed by atoms with van der Waals surface area (Å²) >= 11 is 0. The van der Waals surface area contributed by atoms with Crippen molar-refractivity contribution in [2.24, 2.45) is 0 Å². The maximum Gasteiger partial charge on any atom is 0.243 e. The number of carbonyl (C=O) groups excluding carboxylic acids is 1. The molecule has 3 rings (SSSR count). The summed E-state index contributed by atoms with van der Waals surface area (Å²) in [4.78, 5) is 19.2. The van der Waals surface area contributed by atoms with Crippen molar-refractivity contribution in [1.29, 1.82) is 0 Å². The number of sulfonamides is 1. The third kappa shape index (κ3) is 4.80. The van der Waals surface area contributed by atoms with Crippen molar-refractivity contribution in [2.45, 2.75) is 35.5 Å². The largest absolute Gasteiger partial charge is 0.326 e. The van der Waals surface area contributed by atoms with Gasteiger partial charge in [0.25, 0.3) is 0 Å². The van der Waals surface area contributed by atoms with Crippen LogP contribution in [0.3, 0.4) is 0 Å². The number of anilines is 1. The second kappa shape index (κ2) is 8.17. The van der Waals surface area contributed by atoms with Crippen LogP contribution in [0.15, 0.2) is 46.6 Å². The Morgan fingerprint density at radius 1 is 1.17 bits per heavy atom. The van der Waals surface area contributed by atoms with Gasteiger partial charge in [0.15, 0.2) is 9.84 Å². The summed E-state index contributed by atoms with van der Waals surface area (Å²) < 4.78 is 51.6. The van der Waals surface area contributed by atoms with E-state index in [2.05, 4.69) is 15.3 Å². The first-order valence-corrected chi connectivity index (χ1v) is 12.3. The molecule has 11 heteroatoms. The lowest BCUT2D eigenvalue weighted by Crippen LogP contribution is -2.39. The number of nitrogens with zero attached hydrogens (tertiary/aromatic N) is 3. The van der Waals surface area contributed by atoms with E-state index in [4.69, 9.17) is 0 Å². The highest BCUT2D eigenvalue weighted by atomic mass is 32.2. The zero-order valence-electron chi connectivity index (χ0n) is 16.1. The number of sulfone groups is 1. The molecule has 1 atom stereocenters. The maximum absolute atomic E-state index is 13.1. The van der Waals surface area contributed by atoms with Gasteiger partial charge >= 0.3 is 0 Å². The van der Waals surface area contributed by atoms with E-state index in [1.165, 1.54) is 48.0 Å². The molecule has 0 spiro atoms. The Labute approximate surface area is 170 Å². The van der Waals surface area contributed by atoms with Crippen LogP contribution in [0.1, 0.15) is 31.4 Å². The van der Waals surface area contributed by atoms with Crippen molar-refractivity contribution in [1.82, 2.24) is 14.3 Å². The predicted molar refractivity (Wildman–Crippen MR) is 107 cm³/mol. The van der Waals surface area contributed by atoms with Crippen LogP contribution in [0.25, 0.3) is 0 Å². The number of rotatable bonds is 5. The summed E-state index contributed by atoms with van der Waals surface area (Å²) in [5, 5.41) is 2.59. The van der Waals surface area contributed by atoms with Gasteiger partial charge in [-0.05, 0) is 37.1 Å². The molecular weight excluding hydrogens is 416 g/mol. The lowest BCUT2D eigenvalue weighted by Gasteiger charge is -2.32. The average molecular weight is 439 g/mol. The van der Waals surface area contributed by atoms with Gasteiger partial charge in [0.2, 0.25) is 15.9 Å². The van der Waals surface area contributed by atoms with Gasteiger partial charge < -0.3 is 5.32 Å². The van der Waals surface area contributed by atoms with Crippen molar-refractivity contribution >= 4 is 31.5 Å². The van der Waals surface area contributed by atoms with Gasteiger partial charge in [0, 0.05) is 44.1 Å². The minimum Gasteiger partial charge on any atom is -0.326 e. The summed E-state index contributed by atoms with van der Waals surface area (Å²) in [6.07, 6.45) is 4.83. The van der Waals surface area contributed by atoms with Crippen molar-refractivity contribution in [3.05, 3.63) is 42.5 Å². The van der Waals surface area contributed by atoms with Crippen molar-refractivity contribution in [3.8, 4) is 0 Å². The normalized spacial score (nSPS) is 18.3. The third-order valence-corrected chi connectivity index (χ3v) is 7.68. The number of benzene rings is 1. The van der Waals surface area contributed by atoms with Crippen LogP contribution < -0.4 is 5.32 Å². The Balaban J connectivity index is 1.86. The van der Waals surface area contributed by atoms with E-state index in [-0.39, 0.29) is 28.2 Å². The van der Waals surface area contributed by atoms with Crippen molar-refractivity contribution < 1.29 is 21.6 Å². The molecule has 1 amide bonds. The third-order valence-electron chi connectivity index (χ3n) is 4.69. The van der Waals surface area contributed by atoms with Crippen molar-refractivity contribution in [3.63, 3.8) is 0 Å². The van der Waals surface area contributed by atoms with Crippen LogP contribution in [0.5, 0.6) is 0 Å². The molecule has 0 bridgehead atoms. The molecule has 1 fully saturated rings. The fourth-order valence-electron chi connectivity index (χ4n) is 3.37. The predicted octanol–water partition coefficient (Wildman–Crippen LogP) is 1.41. The van der Waals surface area contributed by atoms with Crippen LogP contribution in [-0.4, -0.2) is 56.4 Å². The van der Waals surface area contributed by atoms with E-state index in [9.17, 15) is 21.6 Å². The van der Waals surface area contributed by atoms with E-state index in [1.807, 2.05) is 0 Å². The molecule has 1 aromatic carbocycles. The van der Waals surface area contributed by atoms with Gasteiger partial charge in [-0.2, -0.15) is 4.31 Å². The molecule has 0 radical (unpaired) electrons. The minimum atomic E-state index is -3.77. The first-order chi connectivity index (χ1) is 13.6. The number of hydrogen-bond acceptors (Lipinski definition) is 7. The fourth-order valence-corrected chi connectivity index (χ4v) is 5.74. The van der Waals surface area contributed by atoms with Crippen LogP contribution in [0.2, 0.25) is 0 Å². The zero-order chi connectivity index (χ0) is 21.2. The molecule has 1 N–H and O–H groups in total. The summed E-state index contributed by atoms with van der Waals surface area (Å²) in [6.45, 7) is 1.84. The summed E-state index contributed by atoms with van der Waals surface area (Å²) in [5.74, 6) is -0.587. The molecule has 0 saturated carbocycles. The molecule has 1 aliphatic rings. The van der Waals surface area contributed by atoms with E-state index >= 15 is 0 Å². The number of piperidine rings is 1. The molecule has 0 aliphatic carbocycles. The van der Waals surface area contributed by atoms with Gasteiger partial charge in [-0.25, -0.2) is 26.8 Å². The molecule has 1 aromatic heterocycles. The topological polar surface area (TPSA) is 126 Å². The highest BCUT2D eigenvalue weighted by Crippen LogP contribution is 2.32. The number of hydrogen-bond donors (Lipinski definition) is 1. The molecule has 9 nitrogen and oxygen atoms in total. The van der Waals surface area contributed by atoms with Crippen molar-refractivity contribution in [2.75, 3.05) is 24.7 Å². The van der Waals surface area contributed by atoms with Gasteiger partial charge in [0.1, 0.15) is 11.2 Å². The lowest BCUT2D eigenvalue weighted by molar-refractivity contribution is -0.114. The average Bonchev–Trinajstić information content (AvgIpc) is 2.67. The summed E-state index contributed by atoms with van der Waals surface area (Å²) in [7, 11) is -7.30. The van der Waals surface area contributed by atoms with E-state index < -0.39 is 19.9 Å². The first kappa shape index (κ1) is 21.3. The SMILES string of the molecule is CC(=O)Nc1ccc(S(=O)(=O)N2CCCC(c3ncncc3S(C)(=O)=O)C2)cc1. The second-order valence-electron chi connectivity index (χ2n) is 6.95. The lowest BCUT2D eigenvalue weighted by atomic mass is 9.96. The van der Waals surface area contributed by atoms with Gasteiger partial charge in [-0.15, -0.1) is 0 Å². The van der Waals surface area contributed by atoms with Gasteiger partial charge in [-0.3, -0.25) is 4.79 Å². The van der Waals surface area contributed by atoms with Crippen LogP contribution in [0, 0.1) is 0 Å². The van der Waals surface area contributed by atoms with Gasteiger partial charge in [-0.1, -0.05) is 0 Å². The Hall–Kier alpha value is -2.37. The van der Waals surface area contributed by atoms with Crippen LogP contribution in [0.4, 0.5) is 5.69 Å². The number of carbonyl (C=O) groups is 1. The minimum absolute atomic E-state index is 0.0314.